The fourth-order valence-electron chi connectivity index (χ4n) is 2.04. The summed E-state index contributed by atoms with van der Waals surface area (Å²) in [5.74, 6) is 2.21. The maximum absolute atomic E-state index is 4.45. The Morgan fingerprint density at radius 3 is 2.57 bits per heavy atom. The average molecular weight is 193 g/mol. The van der Waals surface area contributed by atoms with Gasteiger partial charge in [-0.15, -0.1) is 0 Å². The van der Waals surface area contributed by atoms with Crippen LogP contribution in [-0.2, 0) is 0 Å². The van der Waals surface area contributed by atoms with Crippen molar-refractivity contribution in [3.63, 3.8) is 0 Å². The second-order valence-electron chi connectivity index (χ2n) is 5.22. The lowest BCUT2D eigenvalue weighted by Crippen LogP contribution is -2.11. The highest BCUT2D eigenvalue weighted by Crippen LogP contribution is 2.21. The predicted octanol–water partition coefficient (Wildman–Crippen LogP) is 3.71. The topological polar surface area (TPSA) is 12.4 Å². The monoisotopic (exact) mass is 193 g/mol. The van der Waals surface area contributed by atoms with Crippen molar-refractivity contribution < 1.29 is 0 Å². The number of hydrogen-bond acceptors (Lipinski definition) is 1. The van der Waals surface area contributed by atoms with Crippen LogP contribution in [0.15, 0.2) is 16.6 Å². The Bertz CT molecular complexity index is 223. The number of allylic oxidation sites excluding steroid dienone is 1. The highest BCUT2D eigenvalue weighted by molar-refractivity contribution is 5.79. The van der Waals surface area contributed by atoms with Gasteiger partial charge in [0.05, 0.1) is 0 Å². The summed E-state index contributed by atoms with van der Waals surface area (Å²) in [6, 6.07) is 0. The van der Waals surface area contributed by atoms with Gasteiger partial charge >= 0.3 is 0 Å². The summed E-state index contributed by atoms with van der Waals surface area (Å²) in [5.41, 5.74) is 1.44. The van der Waals surface area contributed by atoms with Crippen LogP contribution in [0.5, 0.6) is 0 Å². The van der Waals surface area contributed by atoms with Crippen molar-refractivity contribution in [1.29, 1.82) is 0 Å². The lowest BCUT2D eigenvalue weighted by atomic mass is 9.91. The molecule has 0 saturated carbocycles. The molecule has 1 heteroatoms. The van der Waals surface area contributed by atoms with Crippen LogP contribution in [0.3, 0.4) is 0 Å². The normalized spacial score (nSPS) is 21.9. The predicted molar refractivity (Wildman–Crippen MR) is 63.8 cm³/mol. The number of aliphatic imine (C=N–C) groups is 1. The van der Waals surface area contributed by atoms with E-state index in [1.165, 1.54) is 18.4 Å². The third-order valence-electron chi connectivity index (χ3n) is 2.46. The molecule has 0 radical (unpaired) electrons. The van der Waals surface area contributed by atoms with Crippen LogP contribution in [0.4, 0.5) is 0 Å². The second-order valence-corrected chi connectivity index (χ2v) is 5.22. The Kier molecular flexibility index (Phi) is 4.37. The molecule has 0 saturated heterocycles. The third-order valence-corrected chi connectivity index (χ3v) is 2.46. The van der Waals surface area contributed by atoms with Crippen molar-refractivity contribution in [2.75, 3.05) is 6.54 Å². The fourth-order valence-corrected chi connectivity index (χ4v) is 2.04. The molecule has 14 heavy (non-hydrogen) atoms. The van der Waals surface area contributed by atoms with Crippen LogP contribution >= 0.6 is 0 Å². The van der Waals surface area contributed by atoms with Gasteiger partial charge in [0, 0.05) is 12.8 Å². The lowest BCUT2D eigenvalue weighted by Gasteiger charge is -2.18. The molecule has 0 aliphatic carbocycles. The Balaban J connectivity index is 2.50. The van der Waals surface area contributed by atoms with E-state index >= 15 is 0 Å². The van der Waals surface area contributed by atoms with E-state index in [1.54, 1.807) is 0 Å². The van der Waals surface area contributed by atoms with Gasteiger partial charge in [-0.25, -0.2) is 0 Å². The van der Waals surface area contributed by atoms with Crippen LogP contribution in [0.25, 0.3) is 0 Å². The first-order valence-corrected chi connectivity index (χ1v) is 5.78. The summed E-state index contributed by atoms with van der Waals surface area (Å²) in [7, 11) is 0. The van der Waals surface area contributed by atoms with E-state index in [2.05, 4.69) is 45.0 Å². The summed E-state index contributed by atoms with van der Waals surface area (Å²) in [4.78, 5) is 4.45. The molecule has 1 heterocycles. The summed E-state index contributed by atoms with van der Waals surface area (Å²) in [6.45, 7) is 10.1. The first-order chi connectivity index (χ1) is 6.58. The van der Waals surface area contributed by atoms with Crippen LogP contribution in [0.2, 0.25) is 0 Å². The minimum Gasteiger partial charge on any atom is -0.292 e. The maximum Gasteiger partial charge on any atom is 0.0452 e. The molecule has 0 bridgehead atoms. The molecule has 1 nitrogen and oxygen atoms in total. The van der Waals surface area contributed by atoms with E-state index in [0.29, 0.717) is 5.92 Å². The van der Waals surface area contributed by atoms with Gasteiger partial charge in [0.15, 0.2) is 0 Å². The molecule has 0 fully saturated rings. The maximum atomic E-state index is 4.45. The largest absolute Gasteiger partial charge is 0.292 e. The van der Waals surface area contributed by atoms with Crippen molar-refractivity contribution >= 4 is 6.21 Å². The van der Waals surface area contributed by atoms with Gasteiger partial charge in [-0.3, -0.25) is 4.99 Å². The Morgan fingerprint density at radius 2 is 2.00 bits per heavy atom. The average Bonchev–Trinajstić information content (AvgIpc) is 2.01. The van der Waals surface area contributed by atoms with Crippen molar-refractivity contribution in [2.45, 2.75) is 40.5 Å². The van der Waals surface area contributed by atoms with E-state index in [-0.39, 0.29) is 0 Å². The van der Waals surface area contributed by atoms with Crippen LogP contribution in [-0.4, -0.2) is 12.8 Å². The summed E-state index contributed by atoms with van der Waals surface area (Å²) >= 11 is 0. The molecule has 1 unspecified atom stereocenters. The zero-order valence-electron chi connectivity index (χ0n) is 9.96. The van der Waals surface area contributed by atoms with Crippen LogP contribution in [0, 0.1) is 17.8 Å². The molecule has 1 atom stereocenters. The van der Waals surface area contributed by atoms with Crippen molar-refractivity contribution in [3.05, 3.63) is 11.6 Å². The van der Waals surface area contributed by atoms with Crippen LogP contribution in [0.1, 0.15) is 40.5 Å². The molecule has 0 aromatic rings. The standard InChI is InChI=1S/C13H23N/c1-10(2)5-12-7-13(6-11(3)4)9-14-8-12/h7-8,10-11,13H,5-6,9H2,1-4H3. The quantitative estimate of drug-likeness (QED) is 0.645. The lowest BCUT2D eigenvalue weighted by molar-refractivity contribution is 0.477. The molecule has 0 aromatic heterocycles. The van der Waals surface area contributed by atoms with Gasteiger partial charge in [-0.1, -0.05) is 33.8 Å². The van der Waals surface area contributed by atoms with Gasteiger partial charge in [-0.05, 0) is 36.2 Å². The molecule has 0 N–H and O–H groups in total. The number of hydrogen-bond donors (Lipinski definition) is 0. The van der Waals surface area contributed by atoms with Crippen LogP contribution < -0.4 is 0 Å². The molecular formula is C13H23N. The minimum absolute atomic E-state index is 0.689. The number of nitrogens with zero attached hydrogens (tertiary/aromatic N) is 1. The van der Waals surface area contributed by atoms with Crippen molar-refractivity contribution in [1.82, 2.24) is 0 Å². The molecule has 1 rings (SSSR count). The highest BCUT2D eigenvalue weighted by Gasteiger charge is 2.12. The number of dihydropyridines is 1. The zero-order chi connectivity index (χ0) is 10.6. The summed E-state index contributed by atoms with van der Waals surface area (Å²) in [5, 5.41) is 0. The van der Waals surface area contributed by atoms with E-state index in [0.717, 1.165) is 18.4 Å². The molecule has 80 valence electrons. The SMILES string of the molecule is CC(C)CC1=CC(CC(C)C)CN=C1. The van der Waals surface area contributed by atoms with Gasteiger partial charge in [-0.2, -0.15) is 0 Å². The Morgan fingerprint density at radius 1 is 1.29 bits per heavy atom. The van der Waals surface area contributed by atoms with Gasteiger partial charge in [0.2, 0.25) is 0 Å². The van der Waals surface area contributed by atoms with Crippen molar-refractivity contribution in [2.24, 2.45) is 22.7 Å². The third kappa shape index (κ3) is 4.08. The van der Waals surface area contributed by atoms with E-state index in [9.17, 15) is 0 Å². The van der Waals surface area contributed by atoms with Gasteiger partial charge in [0.25, 0.3) is 0 Å². The zero-order valence-corrected chi connectivity index (χ0v) is 9.96. The molecule has 0 amide bonds. The fraction of sp³-hybridized carbons (Fsp3) is 0.769. The highest BCUT2D eigenvalue weighted by atomic mass is 14.7. The van der Waals surface area contributed by atoms with Gasteiger partial charge in [0.1, 0.15) is 0 Å². The summed E-state index contributed by atoms with van der Waals surface area (Å²) < 4.78 is 0. The van der Waals surface area contributed by atoms with E-state index in [4.69, 9.17) is 0 Å². The van der Waals surface area contributed by atoms with Crippen molar-refractivity contribution in [3.8, 4) is 0 Å². The first kappa shape index (κ1) is 11.5. The Labute approximate surface area is 88.3 Å². The van der Waals surface area contributed by atoms with E-state index in [1.807, 2.05) is 0 Å². The molecule has 1 aliphatic heterocycles. The Hall–Kier alpha value is -0.590. The van der Waals surface area contributed by atoms with E-state index < -0.39 is 0 Å². The molecule has 0 aromatic carbocycles. The molecular weight excluding hydrogens is 170 g/mol. The second kappa shape index (κ2) is 5.33. The minimum atomic E-state index is 0.689. The van der Waals surface area contributed by atoms with Gasteiger partial charge < -0.3 is 0 Å². The number of rotatable bonds is 4. The first-order valence-electron chi connectivity index (χ1n) is 5.78. The molecule has 0 spiro atoms. The molecule has 1 aliphatic rings. The smallest absolute Gasteiger partial charge is 0.0452 e. The summed E-state index contributed by atoms with van der Waals surface area (Å²) in [6.07, 6.45) is 6.96.